The SMILES string of the molecule is [O]=[Ni].[O]=[Ni][OH]. The average Bonchev–Trinajstić information content (AvgIpc) is 1.46. The third-order valence-corrected chi connectivity index (χ3v) is 0. The topological polar surface area (TPSA) is 54.4 Å². The van der Waals surface area contributed by atoms with Crippen LogP contribution in [0, 0.1) is 0 Å². The van der Waals surface area contributed by atoms with Gasteiger partial charge in [0.15, 0.2) is 0 Å². The van der Waals surface area contributed by atoms with Crippen LogP contribution in [-0.2, 0) is 37.9 Å². The van der Waals surface area contributed by atoms with Crippen LogP contribution in [0.25, 0.3) is 0 Å². The summed E-state index contributed by atoms with van der Waals surface area (Å²) in [7, 11) is 0. The van der Waals surface area contributed by atoms with E-state index in [1.807, 2.05) is 0 Å². The van der Waals surface area contributed by atoms with Crippen molar-refractivity contribution in [2.24, 2.45) is 0 Å². The molecular formula is HNi2O3. The first kappa shape index (κ1) is 9.12. The molecule has 39 valence electrons. The summed E-state index contributed by atoms with van der Waals surface area (Å²) in [5.41, 5.74) is 0. The first-order valence-electron chi connectivity index (χ1n) is 0.400. The molecule has 0 aliphatic rings. The second-order valence-corrected chi connectivity index (χ2v) is 0.238. The van der Waals surface area contributed by atoms with E-state index in [0.29, 0.717) is 0 Å². The summed E-state index contributed by atoms with van der Waals surface area (Å²) >= 11 is 2.00. The molecular weight excluding hydrogens is 165 g/mol. The Morgan fingerprint density at radius 2 is 1.60 bits per heavy atom. The standard InChI is InChI=1S/2Ni.H2O.2O/h;;1H2;;/q;+1;;;/p-1. The van der Waals surface area contributed by atoms with Crippen LogP contribution in [0.5, 0.6) is 0 Å². The summed E-state index contributed by atoms with van der Waals surface area (Å²) in [5, 5.41) is 0. The zero-order chi connectivity index (χ0) is 4.71. The molecule has 0 aromatic rings. The molecule has 0 amide bonds. The first-order valence-corrected chi connectivity index (χ1v) is 1.65. The monoisotopic (exact) mass is 165 g/mol. The van der Waals surface area contributed by atoms with Crippen molar-refractivity contribution in [1.29, 1.82) is 0 Å². The van der Waals surface area contributed by atoms with Gasteiger partial charge in [0.05, 0.1) is 0 Å². The fraction of sp³-hybridized carbons (Fsp3) is 0. The van der Waals surface area contributed by atoms with Gasteiger partial charge < -0.3 is 0 Å². The van der Waals surface area contributed by atoms with Gasteiger partial charge in [0.2, 0.25) is 0 Å². The molecule has 0 bridgehead atoms. The molecule has 0 fully saturated rings. The van der Waals surface area contributed by atoms with Gasteiger partial charge in [0.25, 0.3) is 0 Å². The van der Waals surface area contributed by atoms with E-state index in [4.69, 9.17) is 12.0 Å². The molecule has 0 aliphatic heterocycles. The first-order chi connectivity index (χ1) is 2.41. The fourth-order valence-corrected chi connectivity index (χ4v) is 0. The van der Waals surface area contributed by atoms with Crippen molar-refractivity contribution < 1.29 is 42.1 Å². The van der Waals surface area contributed by atoms with Crippen molar-refractivity contribution >= 4 is 0 Å². The average molecular weight is 166 g/mol. The van der Waals surface area contributed by atoms with E-state index in [1.165, 1.54) is 0 Å². The van der Waals surface area contributed by atoms with E-state index in [-0.39, 0.29) is 0 Å². The van der Waals surface area contributed by atoms with Crippen LogP contribution in [0.2, 0.25) is 0 Å². The van der Waals surface area contributed by atoms with Gasteiger partial charge in [-0.1, -0.05) is 0 Å². The second-order valence-electron chi connectivity index (χ2n) is 0.0577. The van der Waals surface area contributed by atoms with E-state index in [9.17, 15) is 0 Å². The van der Waals surface area contributed by atoms with Crippen molar-refractivity contribution in [3.8, 4) is 0 Å². The van der Waals surface area contributed by atoms with Crippen LogP contribution in [0.3, 0.4) is 0 Å². The van der Waals surface area contributed by atoms with E-state index < -0.39 is 14.7 Å². The van der Waals surface area contributed by atoms with E-state index >= 15 is 0 Å². The quantitative estimate of drug-likeness (QED) is 0.480. The molecule has 0 spiro atoms. The van der Waals surface area contributed by atoms with Gasteiger partial charge in [-0.2, -0.15) is 0 Å². The molecule has 0 radical (unpaired) electrons. The van der Waals surface area contributed by atoms with E-state index in [0.717, 1.165) is 0 Å². The summed E-state index contributed by atoms with van der Waals surface area (Å²) in [6.45, 7) is 0. The van der Waals surface area contributed by atoms with Gasteiger partial charge in [0.1, 0.15) is 0 Å². The zero-order valence-corrected chi connectivity index (χ0v) is 3.87. The van der Waals surface area contributed by atoms with Crippen LogP contribution in [0.4, 0.5) is 0 Å². The van der Waals surface area contributed by atoms with Gasteiger partial charge in [-0.25, -0.2) is 0 Å². The normalized spacial score (nSPS) is 5.40. The Balaban J connectivity index is 0. The van der Waals surface area contributed by atoms with E-state index in [1.54, 1.807) is 0 Å². The summed E-state index contributed by atoms with van der Waals surface area (Å²) < 4.78 is 23.2. The summed E-state index contributed by atoms with van der Waals surface area (Å²) in [6, 6.07) is 0. The Bertz CT molecular complexity index is 18.9. The molecule has 3 nitrogen and oxygen atoms in total. The van der Waals surface area contributed by atoms with Crippen molar-refractivity contribution in [2.75, 3.05) is 0 Å². The molecule has 0 heterocycles. The van der Waals surface area contributed by atoms with Gasteiger partial charge in [-0.05, 0) is 0 Å². The summed E-state index contributed by atoms with van der Waals surface area (Å²) in [6.07, 6.45) is 0. The Morgan fingerprint density at radius 3 is 1.60 bits per heavy atom. The summed E-state index contributed by atoms with van der Waals surface area (Å²) in [4.78, 5) is 0. The Labute approximate surface area is 42.6 Å². The van der Waals surface area contributed by atoms with Crippen molar-refractivity contribution in [3.05, 3.63) is 0 Å². The molecule has 5 heavy (non-hydrogen) atoms. The van der Waals surface area contributed by atoms with Gasteiger partial charge in [0, 0.05) is 0 Å². The second kappa shape index (κ2) is 23.9. The molecule has 5 heteroatoms. The minimum atomic E-state index is -0.625. The molecule has 0 rings (SSSR count). The number of hydrogen-bond acceptors (Lipinski definition) is 2. The van der Waals surface area contributed by atoms with Crippen molar-refractivity contribution in [1.82, 2.24) is 0 Å². The molecule has 1 N–H and O–H groups in total. The molecule has 0 saturated carbocycles. The van der Waals surface area contributed by atoms with Crippen LogP contribution in [-0.4, -0.2) is 4.25 Å². The van der Waals surface area contributed by atoms with Crippen LogP contribution >= 0.6 is 0 Å². The van der Waals surface area contributed by atoms with Crippen LogP contribution < -0.4 is 0 Å². The maximum atomic E-state index is 8.42. The zero-order valence-electron chi connectivity index (χ0n) is 1.90. The predicted molar refractivity (Wildman–Crippen MR) is 3.59 cm³/mol. The summed E-state index contributed by atoms with van der Waals surface area (Å²) in [5.74, 6) is 0. The van der Waals surface area contributed by atoms with Crippen molar-refractivity contribution in [3.63, 3.8) is 0 Å². The molecule has 0 aromatic carbocycles. The third-order valence-electron chi connectivity index (χ3n) is 0. The maximum absolute atomic E-state index is 8.42. The Kier molecular flexibility index (Phi) is 43.6. The molecule has 0 unspecified atom stereocenters. The van der Waals surface area contributed by atoms with Crippen LogP contribution in [0.15, 0.2) is 0 Å². The minimum absolute atomic E-state index is 0.625. The Morgan fingerprint density at radius 1 is 1.60 bits per heavy atom. The molecule has 0 aromatic heterocycles. The molecule has 0 saturated heterocycles. The predicted octanol–water partition coefficient (Wildman–Crippen LogP) is -0.800. The Hall–Kier alpha value is 0.547. The molecule has 0 atom stereocenters. The third kappa shape index (κ3) is 98.6. The number of hydrogen-bond donors (Lipinski definition) is 1. The van der Waals surface area contributed by atoms with Gasteiger partial charge >= 0.3 is 42.1 Å². The fourth-order valence-electron chi connectivity index (χ4n) is 0. The van der Waals surface area contributed by atoms with Gasteiger partial charge in [-0.15, -0.1) is 0 Å². The van der Waals surface area contributed by atoms with Crippen LogP contribution in [0.1, 0.15) is 0 Å². The van der Waals surface area contributed by atoms with Gasteiger partial charge in [-0.3, -0.25) is 0 Å². The van der Waals surface area contributed by atoms with Crippen molar-refractivity contribution in [2.45, 2.75) is 0 Å². The molecule has 0 aliphatic carbocycles. The van der Waals surface area contributed by atoms with E-state index in [2.05, 4.69) is 15.4 Å². The number of rotatable bonds is 0.